The molecular formula is C23H23N3O4S. The zero-order valence-corrected chi connectivity index (χ0v) is 17.7. The van der Waals surface area contributed by atoms with Crippen LogP contribution in [0.5, 0.6) is 0 Å². The van der Waals surface area contributed by atoms with Crippen molar-refractivity contribution >= 4 is 26.5 Å². The lowest BCUT2D eigenvalue weighted by Gasteiger charge is -2.21. The lowest BCUT2D eigenvalue weighted by molar-refractivity contribution is -0.118. The molecule has 1 aromatic heterocycles. The molecule has 31 heavy (non-hydrogen) atoms. The Balaban J connectivity index is 1.53. The first-order valence-electron chi connectivity index (χ1n) is 10.6. The van der Waals surface area contributed by atoms with E-state index in [1.54, 1.807) is 42.5 Å². The average Bonchev–Trinajstić information content (AvgIpc) is 3.39. The lowest BCUT2D eigenvalue weighted by Crippen LogP contribution is -2.37. The van der Waals surface area contributed by atoms with E-state index in [0.717, 1.165) is 17.6 Å². The molecule has 3 atom stereocenters. The number of fused-ring (bicyclic) bond motifs is 3. The van der Waals surface area contributed by atoms with Crippen LogP contribution in [0.4, 0.5) is 0 Å². The molecule has 2 aromatic carbocycles. The molecule has 5 rings (SSSR count). The van der Waals surface area contributed by atoms with E-state index in [-0.39, 0.29) is 26.6 Å². The number of nitrogens with zero attached hydrogens (tertiary/aromatic N) is 2. The Morgan fingerprint density at radius 2 is 1.71 bits per heavy atom. The molecular weight excluding hydrogens is 414 g/mol. The number of hydrogen-bond acceptors (Lipinski definition) is 5. The van der Waals surface area contributed by atoms with Crippen molar-refractivity contribution < 1.29 is 13.2 Å². The second-order valence-corrected chi connectivity index (χ2v) is 10.4. The molecule has 1 heterocycles. The van der Waals surface area contributed by atoms with Gasteiger partial charge in [0, 0.05) is 11.8 Å². The summed E-state index contributed by atoms with van der Waals surface area (Å²) >= 11 is 0. The summed E-state index contributed by atoms with van der Waals surface area (Å²) in [7, 11) is -3.99. The number of carbonyl (C=O) groups is 1. The third-order valence-electron chi connectivity index (χ3n) is 6.64. The van der Waals surface area contributed by atoms with Crippen molar-refractivity contribution in [3.05, 3.63) is 65.0 Å². The number of hydrogen-bond donors (Lipinski definition) is 1. The normalized spacial score (nSPS) is 22.6. The monoisotopic (exact) mass is 437 g/mol. The largest absolute Gasteiger partial charge is 0.294 e. The summed E-state index contributed by atoms with van der Waals surface area (Å²) < 4.78 is 26.5. The Hall–Kier alpha value is -3.00. The fraction of sp³-hybridized carbons (Fsp3) is 0.348. The summed E-state index contributed by atoms with van der Waals surface area (Å²) in [6.45, 7) is 0. The highest BCUT2D eigenvalue weighted by Crippen LogP contribution is 2.49. The number of rotatable bonds is 5. The van der Waals surface area contributed by atoms with Crippen LogP contribution < -0.4 is 11.0 Å². The molecule has 2 aliphatic carbocycles. The summed E-state index contributed by atoms with van der Waals surface area (Å²) in [5, 5.41) is 4.26. The second kappa shape index (κ2) is 7.60. The molecule has 8 heteroatoms. The SMILES string of the molecule is O=C(CC1CC2CCC1C2)Nn1nc(S(=O)(=O)c2ccccc2)c2ccccc2c1=O. The van der Waals surface area contributed by atoms with Gasteiger partial charge in [-0.1, -0.05) is 42.8 Å². The van der Waals surface area contributed by atoms with Gasteiger partial charge < -0.3 is 0 Å². The molecule has 2 aliphatic rings. The first-order valence-corrected chi connectivity index (χ1v) is 12.0. The van der Waals surface area contributed by atoms with Gasteiger partial charge in [-0.2, -0.15) is 0 Å². The lowest BCUT2D eigenvalue weighted by atomic mass is 9.86. The highest BCUT2D eigenvalue weighted by molar-refractivity contribution is 7.91. The van der Waals surface area contributed by atoms with Crippen molar-refractivity contribution in [2.24, 2.45) is 17.8 Å². The molecule has 160 valence electrons. The molecule has 0 radical (unpaired) electrons. The quantitative estimate of drug-likeness (QED) is 0.661. The van der Waals surface area contributed by atoms with Gasteiger partial charge in [0.25, 0.3) is 5.56 Å². The second-order valence-electron chi connectivity index (χ2n) is 8.56. The van der Waals surface area contributed by atoms with Gasteiger partial charge in [0.15, 0.2) is 5.03 Å². The predicted octanol–water partition coefficient (Wildman–Crippen LogP) is 3.13. The minimum Gasteiger partial charge on any atom is -0.273 e. The van der Waals surface area contributed by atoms with Gasteiger partial charge in [-0.25, -0.2) is 13.8 Å². The molecule has 1 amide bonds. The van der Waals surface area contributed by atoms with Gasteiger partial charge >= 0.3 is 0 Å². The standard InChI is InChI=1S/C23H23N3O4S/c27-21(14-17-13-15-10-11-16(17)12-15)24-26-23(28)20-9-5-4-8-19(20)22(25-26)31(29,30)18-6-2-1-3-7-18/h1-9,15-17H,10-14H2,(H,24,27). The van der Waals surface area contributed by atoms with Crippen molar-refractivity contribution in [1.29, 1.82) is 0 Å². The van der Waals surface area contributed by atoms with Gasteiger partial charge in [-0.05, 0) is 55.2 Å². The minimum absolute atomic E-state index is 0.0751. The molecule has 7 nitrogen and oxygen atoms in total. The maximum Gasteiger partial charge on any atom is 0.294 e. The third-order valence-corrected chi connectivity index (χ3v) is 8.35. The Bertz CT molecular complexity index is 1320. The van der Waals surface area contributed by atoms with Crippen molar-refractivity contribution in [3.8, 4) is 0 Å². The highest BCUT2D eigenvalue weighted by Gasteiger charge is 2.40. The first-order chi connectivity index (χ1) is 14.9. The number of sulfone groups is 1. The smallest absolute Gasteiger partial charge is 0.273 e. The van der Waals surface area contributed by atoms with Crippen LogP contribution in [-0.4, -0.2) is 24.2 Å². The van der Waals surface area contributed by atoms with Crippen LogP contribution in [0.3, 0.4) is 0 Å². The molecule has 3 unspecified atom stereocenters. The van der Waals surface area contributed by atoms with Gasteiger partial charge in [0.05, 0.1) is 10.3 Å². The van der Waals surface area contributed by atoms with Gasteiger partial charge in [-0.3, -0.25) is 9.59 Å². The number of nitrogens with one attached hydrogen (secondary N) is 1. The van der Waals surface area contributed by atoms with Crippen LogP contribution in [0, 0.1) is 17.8 Å². The molecule has 2 bridgehead atoms. The molecule has 0 aliphatic heterocycles. The van der Waals surface area contributed by atoms with Crippen LogP contribution >= 0.6 is 0 Å². The Morgan fingerprint density at radius 3 is 2.39 bits per heavy atom. The summed E-state index contributed by atoms with van der Waals surface area (Å²) in [6, 6.07) is 14.4. The van der Waals surface area contributed by atoms with Gasteiger partial charge in [-0.15, -0.1) is 9.89 Å². The summed E-state index contributed by atoms with van der Waals surface area (Å²) in [6.07, 6.45) is 4.96. The Labute approximate surface area is 180 Å². The molecule has 0 spiro atoms. The van der Waals surface area contributed by atoms with E-state index < -0.39 is 15.4 Å². The maximum absolute atomic E-state index is 13.3. The average molecular weight is 438 g/mol. The predicted molar refractivity (Wildman–Crippen MR) is 116 cm³/mol. The third kappa shape index (κ3) is 3.54. The summed E-state index contributed by atoms with van der Waals surface area (Å²) in [5.74, 6) is 1.30. The van der Waals surface area contributed by atoms with Gasteiger partial charge in [0.1, 0.15) is 0 Å². The van der Waals surface area contributed by atoms with E-state index >= 15 is 0 Å². The maximum atomic E-state index is 13.3. The van der Waals surface area contributed by atoms with E-state index in [0.29, 0.717) is 24.2 Å². The zero-order chi connectivity index (χ0) is 21.6. The van der Waals surface area contributed by atoms with Crippen molar-refractivity contribution in [3.63, 3.8) is 0 Å². The number of benzene rings is 2. The minimum atomic E-state index is -3.99. The number of amides is 1. The van der Waals surface area contributed by atoms with Crippen molar-refractivity contribution in [1.82, 2.24) is 9.89 Å². The number of carbonyl (C=O) groups excluding carboxylic acids is 1. The van der Waals surface area contributed by atoms with Crippen molar-refractivity contribution in [2.75, 3.05) is 5.43 Å². The number of aromatic nitrogens is 2. The molecule has 2 saturated carbocycles. The van der Waals surface area contributed by atoms with Gasteiger partial charge in [0.2, 0.25) is 15.7 Å². The fourth-order valence-corrected chi connectivity index (χ4v) is 6.57. The van der Waals surface area contributed by atoms with Crippen LogP contribution in [0.25, 0.3) is 10.8 Å². The molecule has 0 saturated heterocycles. The van der Waals surface area contributed by atoms with Crippen LogP contribution in [-0.2, 0) is 14.6 Å². The Morgan fingerprint density at radius 1 is 1.00 bits per heavy atom. The van der Waals surface area contributed by atoms with E-state index in [1.165, 1.54) is 25.0 Å². The zero-order valence-electron chi connectivity index (χ0n) is 16.9. The van der Waals surface area contributed by atoms with E-state index in [4.69, 9.17) is 0 Å². The molecule has 1 N–H and O–H groups in total. The summed E-state index contributed by atoms with van der Waals surface area (Å²) in [5.41, 5.74) is 1.99. The Kier molecular flexibility index (Phi) is 4.89. The van der Waals surface area contributed by atoms with Crippen LogP contribution in [0.2, 0.25) is 0 Å². The summed E-state index contributed by atoms with van der Waals surface area (Å²) in [4.78, 5) is 26.5. The molecule has 2 fully saturated rings. The van der Waals surface area contributed by atoms with Crippen molar-refractivity contribution in [2.45, 2.75) is 42.0 Å². The molecule has 3 aromatic rings. The van der Waals surface area contributed by atoms with E-state index in [2.05, 4.69) is 10.5 Å². The first kappa shape index (κ1) is 19.9. The highest BCUT2D eigenvalue weighted by atomic mass is 32.2. The van der Waals surface area contributed by atoms with E-state index in [1.807, 2.05) is 0 Å². The van der Waals surface area contributed by atoms with Crippen LogP contribution in [0.15, 0.2) is 69.3 Å². The topological polar surface area (TPSA) is 98.1 Å². The fourth-order valence-electron chi connectivity index (χ4n) is 5.17. The van der Waals surface area contributed by atoms with Crippen LogP contribution in [0.1, 0.15) is 32.1 Å². The van der Waals surface area contributed by atoms with E-state index in [9.17, 15) is 18.0 Å².